The lowest BCUT2D eigenvalue weighted by Crippen LogP contribution is -2.05. The average Bonchev–Trinajstić information content (AvgIpc) is 3.14. The number of furan rings is 1. The summed E-state index contributed by atoms with van der Waals surface area (Å²) < 4.78 is 15.7. The van der Waals surface area contributed by atoms with Crippen molar-refractivity contribution in [3.63, 3.8) is 0 Å². The predicted octanol–water partition coefficient (Wildman–Crippen LogP) is 2.84. The molecular formula is C16H17N5O3. The van der Waals surface area contributed by atoms with Crippen molar-refractivity contribution >= 4 is 17.5 Å². The first-order valence-electron chi connectivity index (χ1n) is 7.23. The molecule has 124 valence electrons. The number of nitrogens with one attached hydrogen (secondary N) is 2. The molecule has 8 heteroatoms. The van der Waals surface area contributed by atoms with Gasteiger partial charge >= 0.3 is 0 Å². The number of nitrogens with zero attached hydrogens (tertiary/aromatic N) is 3. The first-order valence-corrected chi connectivity index (χ1v) is 7.23. The zero-order valence-corrected chi connectivity index (χ0v) is 13.3. The van der Waals surface area contributed by atoms with Gasteiger partial charge in [-0.15, -0.1) is 5.10 Å². The highest BCUT2D eigenvalue weighted by atomic mass is 16.5. The zero-order chi connectivity index (χ0) is 16.8. The minimum absolute atomic E-state index is 0.367. The summed E-state index contributed by atoms with van der Waals surface area (Å²) in [6.45, 7) is 0.515. The Labute approximate surface area is 138 Å². The molecule has 8 nitrogen and oxygen atoms in total. The van der Waals surface area contributed by atoms with Gasteiger partial charge in [-0.1, -0.05) is 0 Å². The van der Waals surface area contributed by atoms with E-state index in [4.69, 9.17) is 13.9 Å². The Bertz CT molecular complexity index is 792. The maximum Gasteiger partial charge on any atom is 0.249 e. The van der Waals surface area contributed by atoms with Gasteiger partial charge in [0.05, 0.1) is 33.2 Å². The van der Waals surface area contributed by atoms with Gasteiger partial charge in [-0.2, -0.15) is 10.1 Å². The largest absolute Gasteiger partial charge is 0.493 e. The third-order valence-electron chi connectivity index (χ3n) is 3.22. The minimum Gasteiger partial charge on any atom is -0.493 e. The fourth-order valence-electron chi connectivity index (χ4n) is 2.08. The maximum atomic E-state index is 5.27. The van der Waals surface area contributed by atoms with Crippen molar-refractivity contribution in [1.29, 1.82) is 0 Å². The molecule has 2 heterocycles. The molecule has 1 aromatic carbocycles. The molecule has 0 fully saturated rings. The highest BCUT2D eigenvalue weighted by molar-refractivity contribution is 5.60. The van der Waals surface area contributed by atoms with Gasteiger partial charge in [0, 0.05) is 11.8 Å². The van der Waals surface area contributed by atoms with Crippen LogP contribution in [-0.4, -0.2) is 29.4 Å². The Morgan fingerprint density at radius 2 is 2.00 bits per heavy atom. The van der Waals surface area contributed by atoms with Crippen LogP contribution < -0.4 is 20.1 Å². The molecule has 0 atom stereocenters. The molecule has 2 N–H and O–H groups in total. The van der Waals surface area contributed by atoms with Crippen molar-refractivity contribution in [1.82, 2.24) is 15.2 Å². The van der Waals surface area contributed by atoms with E-state index in [-0.39, 0.29) is 0 Å². The van der Waals surface area contributed by atoms with Crippen molar-refractivity contribution in [3.8, 4) is 11.5 Å². The van der Waals surface area contributed by atoms with Crippen molar-refractivity contribution in [2.45, 2.75) is 6.54 Å². The number of benzene rings is 1. The van der Waals surface area contributed by atoms with Gasteiger partial charge in [-0.05, 0) is 24.3 Å². The lowest BCUT2D eigenvalue weighted by atomic mass is 10.3. The predicted molar refractivity (Wildman–Crippen MR) is 88.7 cm³/mol. The molecule has 0 amide bonds. The molecule has 3 aromatic rings. The number of rotatable bonds is 7. The van der Waals surface area contributed by atoms with Gasteiger partial charge in [-0.25, -0.2) is 0 Å². The molecule has 0 saturated heterocycles. The number of methoxy groups -OCH3 is 2. The zero-order valence-electron chi connectivity index (χ0n) is 13.3. The molecule has 0 bridgehead atoms. The molecule has 2 aromatic heterocycles. The molecule has 0 radical (unpaired) electrons. The molecule has 24 heavy (non-hydrogen) atoms. The smallest absolute Gasteiger partial charge is 0.249 e. The molecule has 3 rings (SSSR count). The van der Waals surface area contributed by atoms with E-state index < -0.39 is 0 Å². The lowest BCUT2D eigenvalue weighted by Gasteiger charge is -2.10. The minimum atomic E-state index is 0.367. The van der Waals surface area contributed by atoms with Crippen LogP contribution in [0.2, 0.25) is 0 Å². The SMILES string of the molecule is COc1ccc(Nc2nncc(NCc3ccco3)n2)cc1OC. The molecule has 0 unspecified atom stereocenters. The molecule has 0 spiro atoms. The van der Waals surface area contributed by atoms with Crippen LogP contribution >= 0.6 is 0 Å². The topological polar surface area (TPSA) is 94.3 Å². The summed E-state index contributed by atoms with van der Waals surface area (Å²) in [7, 11) is 3.17. The van der Waals surface area contributed by atoms with Crippen molar-refractivity contribution in [3.05, 3.63) is 48.6 Å². The van der Waals surface area contributed by atoms with E-state index >= 15 is 0 Å². The van der Waals surface area contributed by atoms with Crippen LogP contribution in [-0.2, 0) is 6.54 Å². The van der Waals surface area contributed by atoms with E-state index in [0.717, 1.165) is 11.4 Å². The molecule has 0 aliphatic heterocycles. The standard InChI is InChI=1S/C16H17N5O3/c1-22-13-6-5-11(8-14(13)23-2)19-16-20-15(10-18-21-16)17-9-12-4-3-7-24-12/h3-8,10H,9H2,1-2H3,(H2,17,19,20,21). The Morgan fingerprint density at radius 3 is 2.75 bits per heavy atom. The highest BCUT2D eigenvalue weighted by Crippen LogP contribution is 2.30. The fourth-order valence-corrected chi connectivity index (χ4v) is 2.08. The first-order chi connectivity index (χ1) is 11.8. The van der Waals surface area contributed by atoms with Crippen LogP contribution in [0, 0.1) is 0 Å². The maximum absolute atomic E-state index is 5.27. The van der Waals surface area contributed by atoms with Crippen molar-refractivity contribution < 1.29 is 13.9 Å². The summed E-state index contributed by atoms with van der Waals surface area (Å²) >= 11 is 0. The van der Waals surface area contributed by atoms with Gasteiger partial charge in [0.15, 0.2) is 17.3 Å². The van der Waals surface area contributed by atoms with E-state index in [1.807, 2.05) is 18.2 Å². The van der Waals surface area contributed by atoms with Crippen LogP contribution in [0.1, 0.15) is 5.76 Å². The van der Waals surface area contributed by atoms with Gasteiger partial charge in [0.1, 0.15) is 5.76 Å². The molecular weight excluding hydrogens is 310 g/mol. The summed E-state index contributed by atoms with van der Waals surface area (Å²) in [4.78, 5) is 4.36. The Kier molecular flexibility index (Phi) is 4.76. The quantitative estimate of drug-likeness (QED) is 0.684. The third kappa shape index (κ3) is 3.72. The van der Waals surface area contributed by atoms with Crippen LogP contribution in [0.25, 0.3) is 0 Å². The van der Waals surface area contributed by atoms with Gasteiger partial charge in [-0.3, -0.25) is 0 Å². The van der Waals surface area contributed by atoms with Gasteiger partial charge in [0.2, 0.25) is 5.95 Å². The number of ether oxygens (including phenoxy) is 2. The molecule has 0 aliphatic rings. The highest BCUT2D eigenvalue weighted by Gasteiger charge is 2.07. The first kappa shape index (κ1) is 15.6. The van der Waals surface area contributed by atoms with Crippen LogP contribution in [0.3, 0.4) is 0 Å². The number of hydrogen-bond donors (Lipinski definition) is 2. The fraction of sp³-hybridized carbons (Fsp3) is 0.188. The Balaban J connectivity index is 1.70. The van der Waals surface area contributed by atoms with E-state index in [0.29, 0.717) is 29.8 Å². The monoisotopic (exact) mass is 327 g/mol. The lowest BCUT2D eigenvalue weighted by molar-refractivity contribution is 0.355. The summed E-state index contributed by atoms with van der Waals surface area (Å²) in [6.07, 6.45) is 3.17. The second kappa shape index (κ2) is 7.32. The number of hydrogen-bond acceptors (Lipinski definition) is 8. The summed E-state index contributed by atoms with van der Waals surface area (Å²) in [5.41, 5.74) is 0.762. The van der Waals surface area contributed by atoms with E-state index in [9.17, 15) is 0 Å². The third-order valence-corrected chi connectivity index (χ3v) is 3.22. The van der Waals surface area contributed by atoms with Crippen molar-refractivity contribution in [2.75, 3.05) is 24.9 Å². The van der Waals surface area contributed by atoms with Crippen LogP contribution in [0.15, 0.2) is 47.2 Å². The van der Waals surface area contributed by atoms with E-state index in [2.05, 4.69) is 25.8 Å². The Hall–Kier alpha value is -3.29. The van der Waals surface area contributed by atoms with Crippen LogP contribution in [0.5, 0.6) is 11.5 Å². The van der Waals surface area contributed by atoms with Crippen molar-refractivity contribution in [2.24, 2.45) is 0 Å². The second-order valence-corrected chi connectivity index (χ2v) is 4.79. The normalized spacial score (nSPS) is 10.2. The summed E-state index contributed by atoms with van der Waals surface area (Å²) in [5.74, 6) is 3.03. The van der Waals surface area contributed by atoms with E-state index in [1.165, 1.54) is 0 Å². The Morgan fingerprint density at radius 1 is 1.12 bits per heavy atom. The number of anilines is 3. The number of aromatic nitrogens is 3. The molecule has 0 aliphatic carbocycles. The van der Waals surface area contributed by atoms with E-state index in [1.54, 1.807) is 38.8 Å². The van der Waals surface area contributed by atoms with Crippen LogP contribution in [0.4, 0.5) is 17.5 Å². The second-order valence-electron chi connectivity index (χ2n) is 4.79. The summed E-state index contributed by atoms with van der Waals surface area (Å²) in [6, 6.07) is 9.15. The summed E-state index contributed by atoms with van der Waals surface area (Å²) in [5, 5.41) is 14.1. The van der Waals surface area contributed by atoms with Gasteiger partial charge in [0.25, 0.3) is 0 Å². The average molecular weight is 327 g/mol. The molecule has 0 saturated carbocycles. The van der Waals surface area contributed by atoms with Gasteiger partial charge < -0.3 is 24.5 Å².